The molecule has 1 saturated heterocycles. The minimum absolute atomic E-state index is 0.0992. The Morgan fingerprint density at radius 1 is 1.35 bits per heavy atom. The van der Waals surface area contributed by atoms with E-state index in [2.05, 4.69) is 4.74 Å². The summed E-state index contributed by atoms with van der Waals surface area (Å²) in [6, 6.07) is 0. The lowest BCUT2D eigenvalue weighted by Gasteiger charge is -2.37. The van der Waals surface area contributed by atoms with Gasteiger partial charge in [-0.2, -0.15) is 0 Å². The summed E-state index contributed by atoms with van der Waals surface area (Å²) >= 11 is 0. The number of hydrogen-bond donors (Lipinski definition) is 0. The number of amides is 1. The maximum absolute atomic E-state index is 12.2. The molecule has 1 amide bonds. The topological polar surface area (TPSA) is 65.1 Å². The monoisotopic (exact) mass is 285 g/mol. The van der Waals surface area contributed by atoms with Crippen LogP contribution in [0, 0.1) is 5.92 Å². The molecule has 0 aromatic carbocycles. The third kappa shape index (κ3) is 3.70. The van der Waals surface area contributed by atoms with Gasteiger partial charge in [0, 0.05) is 19.6 Å². The summed E-state index contributed by atoms with van der Waals surface area (Å²) in [6.45, 7) is 3.95. The number of hydrogen-bond acceptors (Lipinski definition) is 5. The minimum atomic E-state index is -0.643. The van der Waals surface area contributed by atoms with E-state index in [0.717, 1.165) is 19.4 Å². The van der Waals surface area contributed by atoms with Crippen LogP contribution in [0.3, 0.4) is 0 Å². The molecule has 1 aliphatic carbocycles. The molecule has 114 valence electrons. The van der Waals surface area contributed by atoms with Gasteiger partial charge in [0.15, 0.2) is 6.10 Å². The first-order valence-corrected chi connectivity index (χ1v) is 7.22. The van der Waals surface area contributed by atoms with Crippen molar-refractivity contribution in [1.29, 1.82) is 0 Å². The van der Waals surface area contributed by atoms with Crippen molar-refractivity contribution in [2.75, 3.05) is 33.4 Å². The fourth-order valence-electron chi connectivity index (χ4n) is 2.74. The molecule has 1 aliphatic heterocycles. The Hall–Kier alpha value is -1.14. The van der Waals surface area contributed by atoms with E-state index in [9.17, 15) is 9.59 Å². The summed E-state index contributed by atoms with van der Waals surface area (Å²) in [4.78, 5) is 25.3. The maximum Gasteiger partial charge on any atom is 0.336 e. The van der Waals surface area contributed by atoms with Gasteiger partial charge < -0.3 is 19.1 Å². The number of carbonyl (C=O) groups is 2. The molecule has 1 saturated carbocycles. The Labute approximate surface area is 119 Å². The average Bonchev–Trinajstić information content (AvgIpc) is 2.44. The Balaban J connectivity index is 1.74. The molecule has 6 nitrogen and oxygen atoms in total. The zero-order valence-electron chi connectivity index (χ0n) is 12.2. The summed E-state index contributed by atoms with van der Waals surface area (Å²) in [5.74, 6) is 0.100. The third-order valence-electron chi connectivity index (χ3n) is 3.94. The van der Waals surface area contributed by atoms with E-state index in [0.29, 0.717) is 38.1 Å². The van der Waals surface area contributed by atoms with Crippen molar-refractivity contribution >= 4 is 11.9 Å². The van der Waals surface area contributed by atoms with Crippen LogP contribution in [-0.4, -0.2) is 62.4 Å². The van der Waals surface area contributed by atoms with Gasteiger partial charge in [-0.3, -0.25) is 4.79 Å². The number of ether oxygens (including phenoxy) is 3. The first kappa shape index (κ1) is 15.3. The summed E-state index contributed by atoms with van der Waals surface area (Å²) < 4.78 is 15.5. The van der Waals surface area contributed by atoms with Crippen molar-refractivity contribution in [3.05, 3.63) is 0 Å². The first-order chi connectivity index (χ1) is 9.63. The standard InChI is InChI=1S/C14H23NO5/c1-3-19-11-6-10(7-11)8-13(16)15-4-5-20-12(9-15)14(17)18-2/h10-12H,3-9H2,1-2H3. The van der Waals surface area contributed by atoms with Gasteiger partial charge in [0.05, 0.1) is 26.4 Å². The van der Waals surface area contributed by atoms with Gasteiger partial charge in [-0.25, -0.2) is 4.79 Å². The molecular weight excluding hydrogens is 262 g/mol. The molecule has 2 aliphatic rings. The Bertz CT molecular complexity index is 353. The fraction of sp³-hybridized carbons (Fsp3) is 0.857. The van der Waals surface area contributed by atoms with E-state index in [1.165, 1.54) is 7.11 Å². The molecule has 2 rings (SSSR count). The van der Waals surface area contributed by atoms with Crippen molar-refractivity contribution in [2.45, 2.75) is 38.4 Å². The van der Waals surface area contributed by atoms with Gasteiger partial charge in [-0.15, -0.1) is 0 Å². The second kappa shape index (κ2) is 7.04. The van der Waals surface area contributed by atoms with E-state index < -0.39 is 12.1 Å². The molecule has 1 unspecified atom stereocenters. The van der Waals surface area contributed by atoms with E-state index in [-0.39, 0.29) is 5.91 Å². The van der Waals surface area contributed by atoms with Gasteiger partial charge in [0.2, 0.25) is 5.91 Å². The number of morpholine rings is 1. The Morgan fingerprint density at radius 3 is 2.75 bits per heavy atom. The zero-order chi connectivity index (χ0) is 14.5. The molecule has 1 atom stereocenters. The van der Waals surface area contributed by atoms with Crippen LogP contribution in [0.15, 0.2) is 0 Å². The number of esters is 1. The van der Waals surface area contributed by atoms with Gasteiger partial charge >= 0.3 is 5.97 Å². The zero-order valence-corrected chi connectivity index (χ0v) is 12.2. The SMILES string of the molecule is CCOC1CC(CC(=O)N2CCOC(C(=O)OC)C2)C1. The quantitative estimate of drug-likeness (QED) is 0.692. The van der Waals surface area contributed by atoms with E-state index in [4.69, 9.17) is 9.47 Å². The number of nitrogens with zero attached hydrogens (tertiary/aromatic N) is 1. The molecule has 0 N–H and O–H groups in total. The predicted octanol–water partition coefficient (Wildman–Crippen LogP) is 0.592. The molecule has 2 fully saturated rings. The van der Waals surface area contributed by atoms with Crippen molar-refractivity contribution in [2.24, 2.45) is 5.92 Å². The summed E-state index contributed by atoms with van der Waals surface area (Å²) in [5.41, 5.74) is 0. The minimum Gasteiger partial charge on any atom is -0.467 e. The normalized spacial score (nSPS) is 29.7. The average molecular weight is 285 g/mol. The number of methoxy groups -OCH3 is 1. The van der Waals surface area contributed by atoms with E-state index in [1.807, 2.05) is 6.92 Å². The number of carbonyl (C=O) groups excluding carboxylic acids is 2. The molecule has 6 heteroatoms. The Kier molecular flexibility index (Phi) is 5.37. The second-order valence-electron chi connectivity index (χ2n) is 5.34. The summed E-state index contributed by atoms with van der Waals surface area (Å²) in [7, 11) is 1.33. The molecule has 1 heterocycles. The van der Waals surface area contributed by atoms with Crippen LogP contribution in [0.1, 0.15) is 26.2 Å². The summed E-state index contributed by atoms with van der Waals surface area (Å²) in [6.07, 6.45) is 2.15. The summed E-state index contributed by atoms with van der Waals surface area (Å²) in [5, 5.41) is 0. The molecular formula is C14H23NO5. The van der Waals surface area contributed by atoms with E-state index >= 15 is 0 Å². The first-order valence-electron chi connectivity index (χ1n) is 7.22. The third-order valence-corrected chi connectivity index (χ3v) is 3.94. The fourth-order valence-corrected chi connectivity index (χ4v) is 2.74. The van der Waals surface area contributed by atoms with Crippen molar-refractivity contribution in [3.63, 3.8) is 0 Å². The van der Waals surface area contributed by atoms with Crippen LogP contribution < -0.4 is 0 Å². The lowest BCUT2D eigenvalue weighted by atomic mass is 9.79. The molecule has 0 aromatic rings. The van der Waals surface area contributed by atoms with Crippen LogP contribution >= 0.6 is 0 Å². The molecule has 0 aromatic heterocycles. The molecule has 0 bridgehead atoms. The molecule has 20 heavy (non-hydrogen) atoms. The van der Waals surface area contributed by atoms with E-state index in [1.54, 1.807) is 4.90 Å². The van der Waals surface area contributed by atoms with Crippen LogP contribution in [0.2, 0.25) is 0 Å². The largest absolute Gasteiger partial charge is 0.467 e. The maximum atomic E-state index is 12.2. The van der Waals surface area contributed by atoms with Gasteiger partial charge in [-0.05, 0) is 25.7 Å². The van der Waals surface area contributed by atoms with Crippen LogP contribution in [-0.2, 0) is 23.8 Å². The highest BCUT2D eigenvalue weighted by Crippen LogP contribution is 2.33. The van der Waals surface area contributed by atoms with Crippen LogP contribution in [0.25, 0.3) is 0 Å². The second-order valence-corrected chi connectivity index (χ2v) is 5.34. The lowest BCUT2D eigenvalue weighted by molar-refractivity contribution is -0.163. The smallest absolute Gasteiger partial charge is 0.336 e. The molecule has 0 radical (unpaired) electrons. The number of rotatable bonds is 5. The lowest BCUT2D eigenvalue weighted by Crippen LogP contribution is -2.49. The van der Waals surface area contributed by atoms with Crippen molar-refractivity contribution in [3.8, 4) is 0 Å². The van der Waals surface area contributed by atoms with Gasteiger partial charge in [-0.1, -0.05) is 0 Å². The highest BCUT2D eigenvalue weighted by molar-refractivity contribution is 5.79. The van der Waals surface area contributed by atoms with Gasteiger partial charge in [0.1, 0.15) is 0 Å². The highest BCUT2D eigenvalue weighted by atomic mass is 16.6. The van der Waals surface area contributed by atoms with Crippen LogP contribution in [0.4, 0.5) is 0 Å². The molecule has 0 spiro atoms. The van der Waals surface area contributed by atoms with Crippen molar-refractivity contribution in [1.82, 2.24) is 4.90 Å². The highest BCUT2D eigenvalue weighted by Gasteiger charge is 2.35. The van der Waals surface area contributed by atoms with Crippen molar-refractivity contribution < 1.29 is 23.8 Å². The van der Waals surface area contributed by atoms with Gasteiger partial charge in [0.25, 0.3) is 0 Å². The van der Waals surface area contributed by atoms with Crippen LogP contribution in [0.5, 0.6) is 0 Å². The Morgan fingerprint density at radius 2 is 2.10 bits per heavy atom. The predicted molar refractivity (Wildman–Crippen MR) is 71.1 cm³/mol.